The molecule has 0 heterocycles. The number of carbonyl (C=O) groups is 3. The largest absolute Gasteiger partial charge is 0.573 e. The van der Waals surface area contributed by atoms with E-state index < -0.39 is 41.7 Å². The molecule has 0 unspecified atom stereocenters. The lowest BCUT2D eigenvalue weighted by Gasteiger charge is -2.17. The van der Waals surface area contributed by atoms with Crippen molar-refractivity contribution in [2.24, 2.45) is 0 Å². The van der Waals surface area contributed by atoms with Gasteiger partial charge in [0.05, 0.1) is 5.56 Å². The molecule has 0 aliphatic heterocycles. The van der Waals surface area contributed by atoms with E-state index in [0.717, 1.165) is 30.3 Å². The maximum atomic E-state index is 12.8. The predicted octanol–water partition coefficient (Wildman–Crippen LogP) is 2.86. The van der Waals surface area contributed by atoms with Crippen LogP contribution in [0.25, 0.3) is 11.1 Å². The SMILES string of the molecule is CNC(=O)[C@@H](CNC(=O)c1ccc(OC(F)(F)F)cc1-c1ccc(C(F)(F)F)cc1)NC=O. The van der Waals surface area contributed by atoms with Gasteiger partial charge in [-0.15, -0.1) is 13.2 Å². The summed E-state index contributed by atoms with van der Waals surface area (Å²) in [7, 11) is 1.30. The van der Waals surface area contributed by atoms with Crippen LogP contribution in [0.15, 0.2) is 42.5 Å². The molecule has 0 saturated heterocycles. The number of hydrogen-bond donors (Lipinski definition) is 3. The quantitative estimate of drug-likeness (QED) is 0.403. The topological polar surface area (TPSA) is 96.5 Å². The van der Waals surface area contributed by atoms with E-state index in [1.165, 1.54) is 7.05 Å². The van der Waals surface area contributed by atoms with Crippen LogP contribution in [0.5, 0.6) is 5.75 Å². The molecule has 7 nitrogen and oxygen atoms in total. The highest BCUT2D eigenvalue weighted by Crippen LogP contribution is 2.34. The fourth-order valence-electron chi connectivity index (χ4n) is 2.77. The molecule has 0 saturated carbocycles. The Morgan fingerprint density at radius 1 is 1.03 bits per heavy atom. The molecule has 1 atom stereocenters. The molecule has 33 heavy (non-hydrogen) atoms. The van der Waals surface area contributed by atoms with E-state index in [2.05, 4.69) is 20.7 Å². The zero-order valence-electron chi connectivity index (χ0n) is 16.8. The minimum Gasteiger partial charge on any atom is -0.406 e. The van der Waals surface area contributed by atoms with Crippen molar-refractivity contribution in [3.63, 3.8) is 0 Å². The van der Waals surface area contributed by atoms with E-state index >= 15 is 0 Å². The van der Waals surface area contributed by atoms with E-state index in [4.69, 9.17) is 0 Å². The minimum absolute atomic E-state index is 0.00893. The third-order valence-electron chi connectivity index (χ3n) is 4.29. The first kappa shape index (κ1) is 25.5. The van der Waals surface area contributed by atoms with Gasteiger partial charge in [0.15, 0.2) is 0 Å². The fraction of sp³-hybridized carbons (Fsp3) is 0.250. The number of alkyl halides is 6. The first-order valence-electron chi connectivity index (χ1n) is 9.12. The zero-order chi connectivity index (χ0) is 24.8. The second kappa shape index (κ2) is 10.2. The molecule has 3 amide bonds. The van der Waals surface area contributed by atoms with E-state index in [9.17, 15) is 40.7 Å². The summed E-state index contributed by atoms with van der Waals surface area (Å²) < 4.78 is 80.2. The van der Waals surface area contributed by atoms with Crippen molar-refractivity contribution in [1.29, 1.82) is 0 Å². The van der Waals surface area contributed by atoms with Crippen molar-refractivity contribution in [2.45, 2.75) is 18.6 Å². The van der Waals surface area contributed by atoms with Gasteiger partial charge in [0.2, 0.25) is 12.3 Å². The number of ether oxygens (including phenoxy) is 1. The smallest absolute Gasteiger partial charge is 0.406 e. The number of halogens is 6. The van der Waals surface area contributed by atoms with Crippen LogP contribution in [-0.4, -0.2) is 44.2 Å². The molecular formula is C20H17F6N3O4. The van der Waals surface area contributed by atoms with Crippen molar-refractivity contribution < 1.29 is 45.5 Å². The molecule has 13 heteroatoms. The van der Waals surface area contributed by atoms with Gasteiger partial charge in [-0.25, -0.2) is 0 Å². The van der Waals surface area contributed by atoms with E-state index in [1.54, 1.807) is 0 Å². The van der Waals surface area contributed by atoms with Crippen LogP contribution in [-0.2, 0) is 15.8 Å². The van der Waals surface area contributed by atoms with Crippen molar-refractivity contribution in [1.82, 2.24) is 16.0 Å². The van der Waals surface area contributed by atoms with Crippen LogP contribution in [0.4, 0.5) is 26.3 Å². The highest BCUT2D eigenvalue weighted by atomic mass is 19.4. The fourth-order valence-corrected chi connectivity index (χ4v) is 2.77. The summed E-state index contributed by atoms with van der Waals surface area (Å²) in [5.41, 5.74) is -1.34. The van der Waals surface area contributed by atoms with Crippen molar-refractivity contribution >= 4 is 18.2 Å². The highest BCUT2D eigenvalue weighted by molar-refractivity contribution is 6.01. The highest BCUT2D eigenvalue weighted by Gasteiger charge is 2.32. The van der Waals surface area contributed by atoms with E-state index in [1.807, 2.05) is 0 Å². The third-order valence-corrected chi connectivity index (χ3v) is 4.29. The van der Waals surface area contributed by atoms with Gasteiger partial charge >= 0.3 is 12.5 Å². The van der Waals surface area contributed by atoms with Crippen LogP contribution < -0.4 is 20.7 Å². The minimum atomic E-state index is -5.04. The van der Waals surface area contributed by atoms with Gasteiger partial charge in [0.1, 0.15) is 11.8 Å². The molecule has 3 N–H and O–H groups in total. The number of nitrogens with one attached hydrogen (secondary N) is 3. The van der Waals surface area contributed by atoms with Crippen LogP contribution in [0.2, 0.25) is 0 Å². The molecular weight excluding hydrogens is 460 g/mol. The van der Waals surface area contributed by atoms with Gasteiger partial charge in [-0.1, -0.05) is 12.1 Å². The van der Waals surface area contributed by atoms with Crippen molar-refractivity contribution in [2.75, 3.05) is 13.6 Å². The summed E-state index contributed by atoms with van der Waals surface area (Å²) in [5, 5.41) is 6.80. The lowest BCUT2D eigenvalue weighted by Crippen LogP contribution is -2.49. The summed E-state index contributed by atoms with van der Waals surface area (Å²) in [6.45, 7) is -0.371. The summed E-state index contributed by atoms with van der Waals surface area (Å²) in [4.78, 5) is 35.1. The lowest BCUT2D eigenvalue weighted by molar-refractivity contribution is -0.274. The Hall–Kier alpha value is -3.77. The Morgan fingerprint density at radius 2 is 1.67 bits per heavy atom. The van der Waals surface area contributed by atoms with E-state index in [0.29, 0.717) is 12.1 Å². The van der Waals surface area contributed by atoms with Crippen molar-refractivity contribution in [3.05, 3.63) is 53.6 Å². The first-order chi connectivity index (χ1) is 15.4. The molecule has 2 aromatic rings. The van der Waals surface area contributed by atoms with Crippen LogP contribution in [0.1, 0.15) is 15.9 Å². The molecule has 2 aromatic carbocycles. The van der Waals surface area contributed by atoms with Gasteiger partial charge < -0.3 is 20.7 Å². The molecule has 0 radical (unpaired) electrons. The third kappa shape index (κ3) is 7.12. The summed E-state index contributed by atoms with van der Waals surface area (Å²) >= 11 is 0. The summed E-state index contributed by atoms with van der Waals surface area (Å²) in [6.07, 6.45) is -9.44. The molecule has 0 spiro atoms. The zero-order valence-corrected chi connectivity index (χ0v) is 16.8. The van der Waals surface area contributed by atoms with Gasteiger partial charge in [-0.05, 0) is 41.5 Å². The molecule has 2 rings (SSSR count). The normalized spacial score (nSPS) is 12.5. The second-order valence-corrected chi connectivity index (χ2v) is 6.49. The van der Waals surface area contributed by atoms with Gasteiger partial charge in [0, 0.05) is 19.2 Å². The molecule has 0 aliphatic rings. The Bertz CT molecular complexity index is 1010. The predicted molar refractivity (Wildman–Crippen MR) is 103 cm³/mol. The standard InChI is InChI=1S/C20H17F6N3O4/c1-27-18(32)16(29-10-30)9-28-17(31)14-7-6-13(33-20(24,25)26)8-15(14)11-2-4-12(5-3-11)19(21,22)23/h2-8,10,16H,9H2,1H3,(H,27,32)(H,28,31)(H,29,30)/t16-/m1/s1. The number of likely N-dealkylation sites (N-methyl/N-ethyl adjacent to an activating group) is 1. The Morgan fingerprint density at radius 3 is 2.18 bits per heavy atom. The molecule has 0 aliphatic carbocycles. The van der Waals surface area contributed by atoms with Crippen molar-refractivity contribution in [3.8, 4) is 16.9 Å². The summed E-state index contributed by atoms with van der Waals surface area (Å²) in [5.74, 6) is -2.18. The number of carbonyl (C=O) groups excluding carboxylic acids is 3. The monoisotopic (exact) mass is 477 g/mol. The average molecular weight is 477 g/mol. The summed E-state index contributed by atoms with van der Waals surface area (Å²) in [6, 6.07) is 4.97. The lowest BCUT2D eigenvalue weighted by atomic mass is 9.97. The van der Waals surface area contributed by atoms with Crippen LogP contribution in [0.3, 0.4) is 0 Å². The van der Waals surface area contributed by atoms with Crippen LogP contribution >= 0.6 is 0 Å². The second-order valence-electron chi connectivity index (χ2n) is 6.49. The molecule has 0 aromatic heterocycles. The average Bonchev–Trinajstić information content (AvgIpc) is 2.74. The maximum Gasteiger partial charge on any atom is 0.573 e. The number of rotatable bonds is 8. The number of amides is 3. The van der Waals surface area contributed by atoms with Gasteiger partial charge in [0.25, 0.3) is 5.91 Å². The first-order valence-corrected chi connectivity index (χ1v) is 9.12. The Kier molecular flexibility index (Phi) is 7.90. The molecule has 0 bridgehead atoms. The van der Waals surface area contributed by atoms with Gasteiger partial charge in [-0.2, -0.15) is 13.2 Å². The maximum absolute atomic E-state index is 12.8. The van der Waals surface area contributed by atoms with Gasteiger partial charge in [-0.3, -0.25) is 14.4 Å². The van der Waals surface area contributed by atoms with E-state index in [-0.39, 0.29) is 29.6 Å². The Labute approximate surface area is 183 Å². The Balaban J connectivity index is 2.41. The molecule has 178 valence electrons. The number of benzene rings is 2. The van der Waals surface area contributed by atoms with Crippen LogP contribution in [0, 0.1) is 0 Å². The molecule has 0 fully saturated rings. The number of hydrogen-bond acceptors (Lipinski definition) is 4.